The van der Waals surface area contributed by atoms with Crippen molar-refractivity contribution in [3.63, 3.8) is 0 Å². The predicted octanol–water partition coefficient (Wildman–Crippen LogP) is 3.66. The lowest BCUT2D eigenvalue weighted by molar-refractivity contribution is -0.166. The first kappa shape index (κ1) is 15.5. The molecule has 2 aliphatic rings. The normalized spacial score (nSPS) is 17.8. The third-order valence-corrected chi connectivity index (χ3v) is 4.24. The van der Waals surface area contributed by atoms with Gasteiger partial charge < -0.3 is 0 Å². The van der Waals surface area contributed by atoms with Crippen molar-refractivity contribution >= 4 is 11.8 Å². The van der Waals surface area contributed by atoms with Crippen molar-refractivity contribution in [2.24, 2.45) is 10.2 Å². The molecule has 0 saturated carbocycles. The van der Waals surface area contributed by atoms with E-state index < -0.39 is 23.7 Å². The molecule has 0 unspecified atom stereocenters. The Morgan fingerprint density at radius 1 is 0.920 bits per heavy atom. The van der Waals surface area contributed by atoms with Crippen LogP contribution in [0.25, 0.3) is 0 Å². The van der Waals surface area contributed by atoms with E-state index in [0.29, 0.717) is 16.7 Å². The summed E-state index contributed by atoms with van der Waals surface area (Å²) in [7, 11) is 0. The van der Waals surface area contributed by atoms with E-state index in [2.05, 4.69) is 10.2 Å². The topological polar surface area (TPSA) is 62.1 Å². The minimum Gasteiger partial charge on any atom is -0.270 e. The van der Waals surface area contributed by atoms with Crippen molar-refractivity contribution in [1.29, 1.82) is 0 Å². The fraction of sp³-hybridized carbons (Fsp3) is 0.176. The van der Waals surface area contributed by atoms with Crippen LogP contribution in [-0.4, -0.2) is 22.9 Å². The second kappa shape index (κ2) is 4.98. The number of nitrogens with zero attached hydrogens (tertiary/aromatic N) is 3. The Labute approximate surface area is 139 Å². The van der Waals surface area contributed by atoms with Gasteiger partial charge in [-0.3, -0.25) is 14.5 Å². The van der Waals surface area contributed by atoms with Gasteiger partial charge in [0.15, 0.2) is 0 Å². The van der Waals surface area contributed by atoms with Crippen LogP contribution < -0.4 is 0 Å². The summed E-state index contributed by atoms with van der Waals surface area (Å²) in [6.07, 6.45) is -4.62. The van der Waals surface area contributed by atoms with Crippen molar-refractivity contribution in [1.82, 2.24) is 4.90 Å². The Kier molecular flexibility index (Phi) is 3.09. The molecule has 2 amide bonds. The van der Waals surface area contributed by atoms with Gasteiger partial charge in [0, 0.05) is 5.56 Å². The van der Waals surface area contributed by atoms with Crippen LogP contribution in [0.3, 0.4) is 0 Å². The van der Waals surface area contributed by atoms with Crippen molar-refractivity contribution in [3.8, 4) is 0 Å². The van der Waals surface area contributed by atoms with Crippen LogP contribution in [0, 0.1) is 0 Å². The molecule has 5 nitrogen and oxygen atoms in total. The van der Waals surface area contributed by atoms with Crippen LogP contribution in [0.2, 0.25) is 0 Å². The summed E-state index contributed by atoms with van der Waals surface area (Å²) in [4.78, 5) is 25.7. The maximum atomic E-state index is 13.1. The highest BCUT2D eigenvalue weighted by molar-refractivity contribution is 6.21. The third kappa shape index (κ3) is 2.25. The standard InChI is InChI=1S/C17H10F3N3O2/c18-17(19,20)16(21-22-16)11-5-3-4-10(8-11)9-23-14(24)12-6-1-2-7-13(12)15(23)25/h1-8H,9H2. The second-order valence-corrected chi connectivity index (χ2v) is 5.81. The summed E-state index contributed by atoms with van der Waals surface area (Å²) < 4.78 is 39.3. The lowest BCUT2D eigenvalue weighted by Crippen LogP contribution is -2.31. The summed E-state index contributed by atoms with van der Waals surface area (Å²) in [5, 5.41) is 6.33. The first-order valence-corrected chi connectivity index (χ1v) is 7.39. The first-order valence-electron chi connectivity index (χ1n) is 7.39. The lowest BCUT2D eigenvalue weighted by atomic mass is 10.0. The molecule has 2 aromatic carbocycles. The van der Waals surface area contributed by atoms with Crippen LogP contribution in [0.15, 0.2) is 58.8 Å². The number of rotatable bonds is 3. The van der Waals surface area contributed by atoms with Gasteiger partial charge in [0.2, 0.25) is 0 Å². The molecule has 0 aromatic heterocycles. The van der Waals surface area contributed by atoms with Crippen molar-refractivity contribution < 1.29 is 22.8 Å². The number of amides is 2. The zero-order valence-corrected chi connectivity index (χ0v) is 12.6. The Morgan fingerprint density at radius 2 is 1.52 bits per heavy atom. The molecule has 2 aliphatic heterocycles. The summed E-state index contributed by atoms with van der Waals surface area (Å²) in [5.41, 5.74) is -1.67. The number of hydrogen-bond donors (Lipinski definition) is 0. The summed E-state index contributed by atoms with van der Waals surface area (Å²) >= 11 is 0. The fourth-order valence-corrected chi connectivity index (χ4v) is 2.89. The molecule has 0 aliphatic carbocycles. The van der Waals surface area contributed by atoms with Gasteiger partial charge in [0.25, 0.3) is 11.8 Å². The quantitative estimate of drug-likeness (QED) is 0.797. The van der Waals surface area contributed by atoms with E-state index in [1.807, 2.05) is 0 Å². The van der Waals surface area contributed by atoms with Gasteiger partial charge in [-0.15, -0.1) is 10.2 Å². The zero-order chi connectivity index (χ0) is 17.8. The van der Waals surface area contributed by atoms with Gasteiger partial charge in [-0.1, -0.05) is 30.3 Å². The van der Waals surface area contributed by atoms with Gasteiger partial charge in [-0.2, -0.15) is 13.2 Å². The molecule has 126 valence electrons. The second-order valence-electron chi connectivity index (χ2n) is 5.81. The van der Waals surface area contributed by atoms with Gasteiger partial charge in [0.1, 0.15) is 0 Å². The molecule has 0 radical (unpaired) electrons. The average Bonchev–Trinajstić information content (AvgIpc) is 3.37. The minimum atomic E-state index is -4.62. The molecular formula is C17H10F3N3O2. The third-order valence-electron chi connectivity index (χ3n) is 4.24. The Balaban J connectivity index is 1.62. The van der Waals surface area contributed by atoms with Gasteiger partial charge in [-0.05, 0) is 23.8 Å². The highest BCUT2D eigenvalue weighted by atomic mass is 19.4. The van der Waals surface area contributed by atoms with Crippen molar-refractivity contribution in [2.45, 2.75) is 18.4 Å². The molecule has 2 heterocycles. The molecule has 0 atom stereocenters. The maximum absolute atomic E-state index is 13.1. The van der Waals surface area contributed by atoms with E-state index in [0.717, 1.165) is 4.90 Å². The molecule has 0 saturated heterocycles. The Bertz CT molecular complexity index is 896. The van der Waals surface area contributed by atoms with Crippen molar-refractivity contribution in [3.05, 3.63) is 70.8 Å². The number of halogens is 3. The zero-order valence-electron chi connectivity index (χ0n) is 12.6. The molecule has 25 heavy (non-hydrogen) atoms. The maximum Gasteiger partial charge on any atom is 0.442 e. The largest absolute Gasteiger partial charge is 0.442 e. The summed E-state index contributed by atoms with van der Waals surface area (Å²) in [6, 6.07) is 11.9. The van der Waals surface area contributed by atoms with Crippen LogP contribution >= 0.6 is 0 Å². The van der Waals surface area contributed by atoms with E-state index >= 15 is 0 Å². The van der Waals surface area contributed by atoms with Crippen LogP contribution in [0.5, 0.6) is 0 Å². The van der Waals surface area contributed by atoms with E-state index in [-0.39, 0.29) is 12.1 Å². The molecule has 0 fully saturated rings. The number of alkyl halides is 3. The highest BCUT2D eigenvalue weighted by Gasteiger charge is 2.65. The summed E-state index contributed by atoms with van der Waals surface area (Å²) in [5.74, 6) is -0.922. The molecule has 2 aromatic rings. The highest BCUT2D eigenvalue weighted by Crippen LogP contribution is 2.52. The predicted molar refractivity (Wildman–Crippen MR) is 79.7 cm³/mol. The van der Waals surface area contributed by atoms with Gasteiger partial charge >= 0.3 is 11.8 Å². The average molecular weight is 345 g/mol. The molecule has 0 spiro atoms. The van der Waals surface area contributed by atoms with Gasteiger partial charge in [0.05, 0.1) is 17.7 Å². The molecular weight excluding hydrogens is 335 g/mol. The minimum absolute atomic E-state index is 0.117. The van der Waals surface area contributed by atoms with Crippen LogP contribution in [0.1, 0.15) is 31.8 Å². The SMILES string of the molecule is O=C1c2ccccc2C(=O)N1Cc1cccc(C2(C(F)(F)F)N=N2)c1. The number of carbonyl (C=O) groups excluding carboxylic acids is 2. The number of benzene rings is 2. The molecule has 0 N–H and O–H groups in total. The number of carbonyl (C=O) groups is 2. The lowest BCUT2D eigenvalue weighted by Gasteiger charge is -2.17. The number of fused-ring (bicyclic) bond motifs is 1. The van der Waals surface area contributed by atoms with Crippen LogP contribution in [0.4, 0.5) is 13.2 Å². The molecule has 8 heteroatoms. The first-order chi connectivity index (χ1) is 11.8. The Morgan fingerprint density at radius 3 is 2.04 bits per heavy atom. The Hall–Kier alpha value is -3.03. The molecule has 0 bridgehead atoms. The van der Waals surface area contributed by atoms with Crippen molar-refractivity contribution in [2.75, 3.05) is 0 Å². The number of hydrogen-bond acceptors (Lipinski definition) is 4. The molecule has 4 rings (SSSR count). The van der Waals surface area contributed by atoms with Crippen LogP contribution in [-0.2, 0) is 12.2 Å². The summed E-state index contributed by atoms with van der Waals surface area (Å²) in [6.45, 7) is -0.117. The fourth-order valence-electron chi connectivity index (χ4n) is 2.89. The smallest absolute Gasteiger partial charge is 0.270 e. The van der Waals surface area contributed by atoms with E-state index in [4.69, 9.17) is 0 Å². The van der Waals surface area contributed by atoms with E-state index in [9.17, 15) is 22.8 Å². The van der Waals surface area contributed by atoms with E-state index in [1.165, 1.54) is 18.2 Å². The number of imide groups is 1. The van der Waals surface area contributed by atoms with E-state index in [1.54, 1.807) is 30.3 Å². The van der Waals surface area contributed by atoms with Gasteiger partial charge in [-0.25, -0.2) is 0 Å². The monoisotopic (exact) mass is 345 g/mol.